The van der Waals surface area contributed by atoms with E-state index in [4.69, 9.17) is 0 Å². The summed E-state index contributed by atoms with van der Waals surface area (Å²) < 4.78 is 13.7. The van der Waals surface area contributed by atoms with Gasteiger partial charge in [0, 0.05) is 25.8 Å². The first-order valence-electron chi connectivity index (χ1n) is 10.2. The number of carbonyl (C=O) groups is 2. The van der Waals surface area contributed by atoms with Gasteiger partial charge in [0.05, 0.1) is 24.1 Å². The molecule has 2 aliphatic carbocycles. The van der Waals surface area contributed by atoms with E-state index in [1.54, 1.807) is 6.07 Å². The first-order valence-corrected chi connectivity index (χ1v) is 10.2. The highest BCUT2D eigenvalue weighted by atomic mass is 127. The molecule has 0 radical (unpaired) electrons. The number of rotatable bonds is 7. The van der Waals surface area contributed by atoms with Gasteiger partial charge in [0.25, 0.3) is 0 Å². The maximum atomic E-state index is 13.7. The summed E-state index contributed by atoms with van der Waals surface area (Å²) >= 11 is 0. The Bertz CT molecular complexity index is 832. The molecule has 2 heterocycles. The number of hydrogen-bond acceptors (Lipinski definition) is 4. The molecule has 0 spiro atoms. The Morgan fingerprint density at radius 2 is 1.93 bits per heavy atom. The Balaban J connectivity index is 0.00000256. The van der Waals surface area contributed by atoms with Gasteiger partial charge < -0.3 is 10.6 Å². The number of pyridine rings is 1. The van der Waals surface area contributed by atoms with E-state index in [2.05, 4.69) is 32.8 Å². The summed E-state index contributed by atoms with van der Waals surface area (Å²) in [6, 6.07) is 2.90. The van der Waals surface area contributed by atoms with Crippen LogP contribution in [0.25, 0.3) is 0 Å². The monoisotopic (exact) mass is 527 g/mol. The molecule has 4 atom stereocenters. The molecule has 1 saturated carbocycles. The zero-order valence-corrected chi connectivity index (χ0v) is 19.2. The minimum Gasteiger partial charge on any atom is -0.357 e. The van der Waals surface area contributed by atoms with Crippen molar-refractivity contribution in [3.05, 3.63) is 42.0 Å². The number of hydrogen-bond donors (Lipinski definition) is 2. The first kappa shape index (κ1) is 22.6. The van der Waals surface area contributed by atoms with Crippen molar-refractivity contribution in [2.45, 2.75) is 26.3 Å². The van der Waals surface area contributed by atoms with Crippen LogP contribution in [0.15, 0.2) is 35.5 Å². The molecular formula is C21H27FIN5O2. The van der Waals surface area contributed by atoms with Gasteiger partial charge in [0.2, 0.25) is 11.8 Å². The van der Waals surface area contributed by atoms with Crippen molar-refractivity contribution in [1.29, 1.82) is 0 Å². The highest BCUT2D eigenvalue weighted by molar-refractivity contribution is 14.0. The van der Waals surface area contributed by atoms with Crippen LogP contribution in [0.4, 0.5) is 4.39 Å². The molecule has 9 heteroatoms. The molecule has 1 saturated heterocycles. The van der Waals surface area contributed by atoms with Crippen LogP contribution in [0.2, 0.25) is 0 Å². The Labute approximate surface area is 192 Å². The van der Waals surface area contributed by atoms with E-state index in [-0.39, 0.29) is 77.5 Å². The van der Waals surface area contributed by atoms with E-state index < -0.39 is 0 Å². The zero-order chi connectivity index (χ0) is 20.4. The Morgan fingerprint density at radius 3 is 2.57 bits per heavy atom. The molecule has 30 heavy (non-hydrogen) atoms. The van der Waals surface area contributed by atoms with Crippen LogP contribution in [0.5, 0.6) is 0 Å². The van der Waals surface area contributed by atoms with Crippen LogP contribution in [0.3, 0.4) is 0 Å². The predicted octanol–water partition coefficient (Wildman–Crippen LogP) is 2.09. The largest absolute Gasteiger partial charge is 0.357 e. The second-order valence-electron chi connectivity index (χ2n) is 7.74. The third-order valence-electron chi connectivity index (χ3n) is 5.98. The predicted molar refractivity (Wildman–Crippen MR) is 121 cm³/mol. The van der Waals surface area contributed by atoms with Gasteiger partial charge in [-0.2, -0.15) is 0 Å². The van der Waals surface area contributed by atoms with Gasteiger partial charge in [-0.25, -0.2) is 9.38 Å². The lowest BCUT2D eigenvalue weighted by Gasteiger charge is -2.18. The number of carbonyl (C=O) groups excluding carboxylic acids is 2. The van der Waals surface area contributed by atoms with E-state index in [1.807, 2.05) is 6.92 Å². The number of aromatic nitrogens is 1. The molecular weight excluding hydrogens is 500 g/mol. The number of imide groups is 1. The summed E-state index contributed by atoms with van der Waals surface area (Å²) in [5.41, 5.74) is 0.285. The van der Waals surface area contributed by atoms with Gasteiger partial charge >= 0.3 is 0 Å². The topological polar surface area (TPSA) is 86.7 Å². The van der Waals surface area contributed by atoms with E-state index in [0.29, 0.717) is 32.0 Å². The highest BCUT2D eigenvalue weighted by Crippen LogP contribution is 2.52. The molecule has 2 N–H and O–H groups in total. The molecule has 2 fully saturated rings. The summed E-state index contributed by atoms with van der Waals surface area (Å²) in [5.74, 6) is 0.345. The number of guanidine groups is 1. The van der Waals surface area contributed by atoms with Gasteiger partial charge in [-0.3, -0.25) is 19.5 Å². The van der Waals surface area contributed by atoms with Crippen molar-refractivity contribution >= 4 is 41.8 Å². The molecule has 1 aliphatic heterocycles. The molecule has 3 aliphatic rings. The number of aliphatic imine (C=N–C) groups is 1. The number of allylic oxidation sites excluding steroid dienone is 2. The van der Waals surface area contributed by atoms with Gasteiger partial charge in [-0.1, -0.05) is 12.2 Å². The van der Waals surface area contributed by atoms with Gasteiger partial charge in [0.15, 0.2) is 5.96 Å². The normalized spacial score (nSPS) is 26.7. The SMILES string of the molecule is CCNC(=NCc1ncccc1F)NCCCN1C(=O)C2C3C=CC(C3)C2C1=O.I. The fraction of sp³-hybridized carbons (Fsp3) is 0.524. The summed E-state index contributed by atoms with van der Waals surface area (Å²) in [4.78, 5) is 35.2. The minimum absolute atomic E-state index is 0. The van der Waals surface area contributed by atoms with Crippen LogP contribution in [-0.2, 0) is 16.1 Å². The van der Waals surface area contributed by atoms with E-state index >= 15 is 0 Å². The molecule has 1 aromatic heterocycles. The standard InChI is InChI=1S/C21H26FN5O2.HI/c1-2-23-21(26-12-16-15(22)5-3-8-24-16)25-9-4-10-27-19(28)17-13-6-7-14(11-13)18(17)20(27)29;/h3,5-8,13-14,17-18H,2,4,9-12H2,1H3,(H2,23,25,26);1H. The highest BCUT2D eigenvalue weighted by Gasteiger charge is 2.58. The average molecular weight is 527 g/mol. The van der Waals surface area contributed by atoms with Crippen LogP contribution >= 0.6 is 24.0 Å². The van der Waals surface area contributed by atoms with Crippen molar-refractivity contribution < 1.29 is 14.0 Å². The lowest BCUT2D eigenvalue weighted by atomic mass is 9.85. The smallest absolute Gasteiger partial charge is 0.233 e. The van der Waals surface area contributed by atoms with E-state index in [0.717, 1.165) is 6.42 Å². The summed E-state index contributed by atoms with van der Waals surface area (Å²) in [6.07, 6.45) is 7.32. The van der Waals surface area contributed by atoms with Gasteiger partial charge in [0.1, 0.15) is 5.82 Å². The Hall–Kier alpha value is -2.04. The second-order valence-corrected chi connectivity index (χ2v) is 7.74. The fourth-order valence-corrected chi connectivity index (χ4v) is 4.66. The fourth-order valence-electron chi connectivity index (χ4n) is 4.66. The number of likely N-dealkylation sites (tertiary alicyclic amines) is 1. The molecule has 7 nitrogen and oxygen atoms in total. The number of amides is 2. The lowest BCUT2D eigenvalue weighted by molar-refractivity contribution is -0.140. The minimum atomic E-state index is -0.382. The van der Waals surface area contributed by atoms with Gasteiger partial charge in [-0.15, -0.1) is 24.0 Å². The Morgan fingerprint density at radius 1 is 1.23 bits per heavy atom. The number of halogens is 2. The molecule has 4 rings (SSSR count). The van der Waals surface area contributed by atoms with Crippen LogP contribution < -0.4 is 10.6 Å². The maximum absolute atomic E-state index is 13.7. The number of nitrogens with zero attached hydrogens (tertiary/aromatic N) is 3. The summed E-state index contributed by atoms with van der Waals surface area (Å²) in [5, 5.41) is 6.27. The third kappa shape index (κ3) is 4.35. The molecule has 4 unspecified atom stereocenters. The first-order chi connectivity index (χ1) is 14.1. The van der Waals surface area contributed by atoms with Crippen molar-refractivity contribution in [3.63, 3.8) is 0 Å². The van der Waals surface area contributed by atoms with Crippen LogP contribution in [0.1, 0.15) is 25.5 Å². The summed E-state index contributed by atoms with van der Waals surface area (Å²) in [6.45, 7) is 3.70. The number of nitrogens with one attached hydrogen (secondary N) is 2. The quantitative estimate of drug-likeness (QED) is 0.142. The molecule has 1 aromatic rings. The maximum Gasteiger partial charge on any atom is 0.233 e. The summed E-state index contributed by atoms with van der Waals surface area (Å²) in [7, 11) is 0. The Kier molecular flexibility index (Phi) is 7.43. The van der Waals surface area contributed by atoms with Crippen molar-refractivity contribution in [1.82, 2.24) is 20.5 Å². The van der Waals surface area contributed by atoms with Crippen LogP contribution in [0, 0.1) is 29.5 Å². The molecule has 2 bridgehead atoms. The molecule has 0 aromatic carbocycles. The van der Waals surface area contributed by atoms with Crippen LogP contribution in [-0.4, -0.2) is 47.3 Å². The van der Waals surface area contributed by atoms with Crippen molar-refractivity contribution in [2.75, 3.05) is 19.6 Å². The second kappa shape index (κ2) is 9.84. The van der Waals surface area contributed by atoms with E-state index in [9.17, 15) is 14.0 Å². The third-order valence-corrected chi connectivity index (χ3v) is 5.98. The number of fused-ring (bicyclic) bond motifs is 5. The average Bonchev–Trinajstić information content (AvgIpc) is 3.39. The van der Waals surface area contributed by atoms with E-state index in [1.165, 1.54) is 17.2 Å². The molecule has 162 valence electrons. The van der Waals surface area contributed by atoms with Gasteiger partial charge in [-0.05, 0) is 43.7 Å². The lowest BCUT2D eigenvalue weighted by Crippen LogP contribution is -2.40. The van der Waals surface area contributed by atoms with Crippen molar-refractivity contribution in [3.8, 4) is 0 Å². The zero-order valence-electron chi connectivity index (χ0n) is 16.9. The molecule has 2 amide bonds. The van der Waals surface area contributed by atoms with Crippen molar-refractivity contribution in [2.24, 2.45) is 28.7 Å².